The zero-order chi connectivity index (χ0) is 16.0. The molecule has 0 aliphatic carbocycles. The molecule has 0 spiro atoms. The lowest BCUT2D eigenvalue weighted by atomic mass is 10.1. The van der Waals surface area contributed by atoms with E-state index in [9.17, 15) is 13.2 Å². The Balaban J connectivity index is 0.00000264. The second-order valence-corrected chi connectivity index (χ2v) is 5.97. The van der Waals surface area contributed by atoms with Gasteiger partial charge in [-0.05, 0) is 18.1 Å². The normalized spacial score (nSPS) is 16.0. The number of alkyl halides is 3. The van der Waals surface area contributed by atoms with Crippen LogP contribution in [-0.4, -0.2) is 48.4 Å². The van der Waals surface area contributed by atoms with Gasteiger partial charge < -0.3 is 15.4 Å². The summed E-state index contributed by atoms with van der Waals surface area (Å²) in [4.78, 5) is 6.25. The van der Waals surface area contributed by atoms with Crippen molar-refractivity contribution >= 4 is 41.7 Å². The molecule has 23 heavy (non-hydrogen) atoms. The van der Waals surface area contributed by atoms with Crippen molar-refractivity contribution in [1.82, 2.24) is 4.90 Å². The maximum Gasteiger partial charge on any atom is 0.573 e. The van der Waals surface area contributed by atoms with Crippen LogP contribution in [0.1, 0.15) is 5.56 Å². The monoisotopic (exact) mass is 461 g/mol. The molecular formula is C14H19F3IN3OS. The van der Waals surface area contributed by atoms with Crippen LogP contribution in [0.5, 0.6) is 5.75 Å². The number of hydrogen-bond acceptors (Lipinski definition) is 3. The van der Waals surface area contributed by atoms with Crippen LogP contribution < -0.4 is 10.5 Å². The molecule has 2 N–H and O–H groups in total. The predicted octanol–water partition coefficient (Wildman–Crippen LogP) is 3.11. The summed E-state index contributed by atoms with van der Waals surface area (Å²) >= 11 is 1.87. The molecule has 9 heteroatoms. The molecule has 0 atom stereocenters. The summed E-state index contributed by atoms with van der Waals surface area (Å²) in [5.74, 6) is 2.30. The molecule has 0 radical (unpaired) electrons. The van der Waals surface area contributed by atoms with Gasteiger partial charge in [0.1, 0.15) is 5.75 Å². The molecule has 0 bridgehead atoms. The molecule has 1 aromatic rings. The van der Waals surface area contributed by atoms with Crippen LogP contribution >= 0.6 is 35.7 Å². The number of aliphatic imine (C=N–C) groups is 1. The Bertz CT molecular complexity index is 522. The van der Waals surface area contributed by atoms with E-state index in [1.54, 1.807) is 12.1 Å². The van der Waals surface area contributed by atoms with E-state index in [0.29, 0.717) is 24.5 Å². The minimum atomic E-state index is -4.69. The lowest BCUT2D eigenvalue weighted by Crippen LogP contribution is -2.42. The Kier molecular flexibility index (Phi) is 8.31. The van der Waals surface area contributed by atoms with Crippen LogP contribution in [0, 0.1) is 0 Å². The lowest BCUT2D eigenvalue weighted by Gasteiger charge is -2.27. The highest BCUT2D eigenvalue weighted by Gasteiger charge is 2.31. The third-order valence-corrected chi connectivity index (χ3v) is 4.13. The van der Waals surface area contributed by atoms with Gasteiger partial charge in [-0.3, -0.25) is 4.99 Å². The van der Waals surface area contributed by atoms with Gasteiger partial charge in [0.15, 0.2) is 5.96 Å². The Morgan fingerprint density at radius 1 is 1.26 bits per heavy atom. The van der Waals surface area contributed by atoms with Gasteiger partial charge in [-0.2, -0.15) is 11.8 Å². The van der Waals surface area contributed by atoms with Gasteiger partial charge in [0.05, 0.1) is 0 Å². The fourth-order valence-corrected chi connectivity index (χ4v) is 3.02. The highest BCUT2D eigenvalue weighted by molar-refractivity contribution is 14.0. The molecule has 2 rings (SSSR count). The van der Waals surface area contributed by atoms with Crippen molar-refractivity contribution in [1.29, 1.82) is 0 Å². The van der Waals surface area contributed by atoms with E-state index in [-0.39, 0.29) is 29.7 Å². The number of thioether (sulfide) groups is 1. The summed E-state index contributed by atoms with van der Waals surface area (Å²) < 4.78 is 41.0. The zero-order valence-corrected chi connectivity index (χ0v) is 15.5. The largest absolute Gasteiger partial charge is 0.573 e. The van der Waals surface area contributed by atoms with Gasteiger partial charge in [0.25, 0.3) is 0 Å². The van der Waals surface area contributed by atoms with Gasteiger partial charge in [0, 0.05) is 31.1 Å². The topological polar surface area (TPSA) is 50.9 Å². The van der Waals surface area contributed by atoms with E-state index in [4.69, 9.17) is 5.73 Å². The van der Waals surface area contributed by atoms with Gasteiger partial charge in [-0.15, -0.1) is 37.1 Å². The molecule has 0 unspecified atom stereocenters. The molecule has 1 aromatic carbocycles. The molecule has 1 heterocycles. The van der Waals surface area contributed by atoms with Crippen LogP contribution in [0.2, 0.25) is 0 Å². The molecule has 0 aromatic heterocycles. The molecule has 0 amide bonds. The number of hydrogen-bond donors (Lipinski definition) is 1. The Morgan fingerprint density at radius 2 is 1.91 bits per heavy atom. The van der Waals surface area contributed by atoms with Crippen molar-refractivity contribution in [2.75, 3.05) is 31.1 Å². The average molecular weight is 461 g/mol. The van der Waals surface area contributed by atoms with Crippen molar-refractivity contribution in [3.05, 3.63) is 29.8 Å². The second-order valence-electron chi connectivity index (χ2n) is 4.74. The van der Waals surface area contributed by atoms with Crippen LogP contribution in [0.4, 0.5) is 13.2 Å². The van der Waals surface area contributed by atoms with Crippen LogP contribution in [0.25, 0.3) is 0 Å². The maximum absolute atomic E-state index is 12.3. The molecule has 4 nitrogen and oxygen atoms in total. The molecule has 1 fully saturated rings. The van der Waals surface area contributed by atoms with Gasteiger partial charge in [0.2, 0.25) is 0 Å². The summed E-state index contributed by atoms with van der Waals surface area (Å²) in [5, 5.41) is 0. The van der Waals surface area contributed by atoms with E-state index in [1.165, 1.54) is 12.1 Å². The third kappa shape index (κ3) is 7.06. The van der Waals surface area contributed by atoms with Crippen LogP contribution in [0.3, 0.4) is 0 Å². The number of benzene rings is 1. The van der Waals surface area contributed by atoms with Crippen molar-refractivity contribution in [2.24, 2.45) is 10.7 Å². The Hall–Kier alpha value is -0.840. The van der Waals surface area contributed by atoms with Crippen LogP contribution in [-0.2, 0) is 6.42 Å². The minimum absolute atomic E-state index is 0. The van der Waals surface area contributed by atoms with Crippen molar-refractivity contribution in [3.8, 4) is 5.75 Å². The SMILES string of the molecule is I.NC(=NCCc1ccccc1OC(F)(F)F)N1CCSCC1. The minimum Gasteiger partial charge on any atom is -0.406 e. The van der Waals surface area contributed by atoms with Crippen molar-refractivity contribution in [3.63, 3.8) is 0 Å². The average Bonchev–Trinajstić information content (AvgIpc) is 2.48. The van der Waals surface area contributed by atoms with E-state index >= 15 is 0 Å². The molecule has 0 saturated carbocycles. The number of nitrogens with two attached hydrogens (primary N) is 1. The predicted molar refractivity (Wildman–Crippen MR) is 97.6 cm³/mol. The summed E-state index contributed by atoms with van der Waals surface area (Å²) in [7, 11) is 0. The number of ether oxygens (including phenoxy) is 1. The fraction of sp³-hybridized carbons (Fsp3) is 0.500. The number of nitrogens with zero attached hydrogens (tertiary/aromatic N) is 2. The summed E-state index contributed by atoms with van der Waals surface area (Å²) in [6.07, 6.45) is -4.35. The zero-order valence-electron chi connectivity index (χ0n) is 12.4. The third-order valence-electron chi connectivity index (χ3n) is 3.19. The first kappa shape index (κ1) is 20.2. The highest BCUT2D eigenvalue weighted by atomic mass is 127. The van der Waals surface area contributed by atoms with E-state index in [0.717, 1.165) is 24.6 Å². The first-order valence-corrected chi connectivity index (χ1v) is 8.07. The lowest BCUT2D eigenvalue weighted by molar-refractivity contribution is -0.274. The number of rotatable bonds is 4. The number of halogens is 4. The molecular weight excluding hydrogens is 442 g/mol. The molecule has 130 valence electrons. The van der Waals surface area contributed by atoms with Crippen LogP contribution in [0.15, 0.2) is 29.3 Å². The van der Waals surface area contributed by atoms with E-state index in [2.05, 4.69) is 9.73 Å². The molecule has 1 aliphatic rings. The smallest absolute Gasteiger partial charge is 0.406 e. The summed E-state index contributed by atoms with van der Waals surface area (Å²) in [6, 6.07) is 6.09. The van der Waals surface area contributed by atoms with Gasteiger partial charge in [-0.25, -0.2) is 0 Å². The van der Waals surface area contributed by atoms with E-state index in [1.807, 2.05) is 16.7 Å². The summed E-state index contributed by atoms with van der Waals surface area (Å²) in [6.45, 7) is 2.04. The highest BCUT2D eigenvalue weighted by Crippen LogP contribution is 2.26. The number of para-hydroxylation sites is 1. The van der Waals surface area contributed by atoms with Crippen molar-refractivity contribution < 1.29 is 17.9 Å². The first-order chi connectivity index (χ1) is 10.5. The maximum atomic E-state index is 12.3. The summed E-state index contributed by atoms with van der Waals surface area (Å²) in [5.41, 5.74) is 6.37. The fourth-order valence-electron chi connectivity index (χ4n) is 2.12. The quantitative estimate of drug-likeness (QED) is 0.426. The molecule has 1 saturated heterocycles. The molecule has 1 aliphatic heterocycles. The van der Waals surface area contributed by atoms with Gasteiger partial charge >= 0.3 is 6.36 Å². The van der Waals surface area contributed by atoms with Gasteiger partial charge in [-0.1, -0.05) is 18.2 Å². The standard InChI is InChI=1S/C14H18F3N3OS.HI/c15-14(16,17)21-12-4-2-1-3-11(12)5-6-19-13(18)20-7-9-22-10-8-20;/h1-4H,5-10H2,(H2,18,19);1H. The van der Waals surface area contributed by atoms with Crippen molar-refractivity contribution in [2.45, 2.75) is 12.8 Å². The Morgan fingerprint density at radius 3 is 2.57 bits per heavy atom. The Labute approximate surface area is 154 Å². The number of guanidine groups is 1. The second kappa shape index (κ2) is 9.45. The first-order valence-electron chi connectivity index (χ1n) is 6.92. The van der Waals surface area contributed by atoms with E-state index < -0.39 is 6.36 Å².